The second-order valence-corrected chi connectivity index (χ2v) is 7.90. The van der Waals surface area contributed by atoms with Crippen molar-refractivity contribution >= 4 is 22.2 Å². The Morgan fingerprint density at radius 1 is 1.03 bits per heavy atom. The highest BCUT2D eigenvalue weighted by Gasteiger charge is 2.07. The van der Waals surface area contributed by atoms with Crippen LogP contribution in [0, 0.1) is 18.3 Å². The molecule has 166 valence electrons. The van der Waals surface area contributed by atoms with Crippen molar-refractivity contribution in [2.75, 3.05) is 11.9 Å². The first-order valence-electron chi connectivity index (χ1n) is 11.0. The maximum absolute atomic E-state index is 9.01. The molecule has 0 bridgehead atoms. The molecule has 0 aliphatic carbocycles. The minimum atomic E-state index is 0.624. The molecular weight excluding hydrogens is 418 g/mol. The Bertz CT molecular complexity index is 1440. The minimum Gasteiger partial charge on any atom is -0.365 e. The van der Waals surface area contributed by atoms with Gasteiger partial charge < -0.3 is 5.32 Å². The van der Waals surface area contributed by atoms with Crippen LogP contribution >= 0.6 is 0 Å². The maximum atomic E-state index is 9.01. The number of fused-ring (bicyclic) bond motifs is 1. The molecule has 3 heterocycles. The molecule has 0 aliphatic heterocycles. The van der Waals surface area contributed by atoms with Crippen LogP contribution in [0.25, 0.3) is 27.6 Å². The number of nitrogens with one attached hydrogen (secondary N) is 1. The number of benzene rings is 1. The Labute approximate surface area is 199 Å². The molecule has 4 rings (SSSR count). The fourth-order valence-corrected chi connectivity index (χ4v) is 3.57. The first-order valence-corrected chi connectivity index (χ1v) is 11.0. The lowest BCUT2D eigenvalue weighted by molar-refractivity contribution is 1.19. The normalized spacial score (nSPS) is 11.5. The van der Waals surface area contributed by atoms with E-state index in [1.165, 1.54) is 0 Å². The Morgan fingerprint density at radius 2 is 1.82 bits per heavy atom. The van der Waals surface area contributed by atoms with Crippen molar-refractivity contribution in [3.63, 3.8) is 0 Å². The highest BCUT2D eigenvalue weighted by molar-refractivity contribution is 5.93. The molecule has 0 spiro atoms. The number of nitriles is 1. The quantitative estimate of drug-likeness (QED) is 0.330. The van der Waals surface area contributed by atoms with E-state index in [9.17, 15) is 0 Å². The molecule has 3 aromatic heterocycles. The number of allylic oxidation sites excluding steroid dienone is 3. The first-order chi connectivity index (χ1) is 16.6. The molecule has 0 fully saturated rings. The van der Waals surface area contributed by atoms with Crippen LogP contribution < -0.4 is 5.32 Å². The second-order valence-electron chi connectivity index (χ2n) is 7.90. The van der Waals surface area contributed by atoms with Gasteiger partial charge in [-0.15, -0.1) is 0 Å². The first kappa shape index (κ1) is 22.6. The van der Waals surface area contributed by atoms with Gasteiger partial charge in [0.15, 0.2) is 0 Å². The van der Waals surface area contributed by atoms with Crippen LogP contribution in [0.5, 0.6) is 0 Å². The summed E-state index contributed by atoms with van der Waals surface area (Å²) in [7, 11) is 0. The van der Waals surface area contributed by atoms with E-state index in [2.05, 4.69) is 45.1 Å². The van der Waals surface area contributed by atoms with E-state index in [4.69, 9.17) is 5.26 Å². The molecule has 0 aliphatic rings. The Morgan fingerprint density at radius 3 is 2.56 bits per heavy atom. The molecule has 34 heavy (non-hydrogen) atoms. The van der Waals surface area contributed by atoms with Crippen LogP contribution in [0.1, 0.15) is 23.7 Å². The van der Waals surface area contributed by atoms with Crippen LogP contribution in [-0.2, 0) is 0 Å². The van der Waals surface area contributed by atoms with Crippen molar-refractivity contribution < 1.29 is 0 Å². The highest BCUT2D eigenvalue weighted by Crippen LogP contribution is 2.26. The number of hydrogen-bond acceptors (Lipinski definition) is 5. The molecule has 0 atom stereocenters. The molecule has 0 radical (unpaired) electrons. The SMILES string of the molecule is C=C(/C=C\C(=C/C)CNc1nccc2cc(-c3ccc(C#N)cc3)ncc12)c1ccnc(C)c1. The number of rotatable bonds is 7. The Balaban J connectivity index is 1.49. The predicted molar refractivity (Wildman–Crippen MR) is 139 cm³/mol. The second kappa shape index (κ2) is 10.4. The number of aromatic nitrogens is 3. The van der Waals surface area contributed by atoms with Crippen molar-refractivity contribution in [3.8, 4) is 17.3 Å². The van der Waals surface area contributed by atoms with Crippen LogP contribution in [0.3, 0.4) is 0 Å². The van der Waals surface area contributed by atoms with Gasteiger partial charge in [0.2, 0.25) is 0 Å². The monoisotopic (exact) mass is 443 g/mol. The molecule has 0 amide bonds. The van der Waals surface area contributed by atoms with E-state index in [1.807, 2.05) is 62.5 Å². The van der Waals surface area contributed by atoms with Crippen LogP contribution in [0.4, 0.5) is 5.82 Å². The van der Waals surface area contributed by atoms with E-state index < -0.39 is 0 Å². The van der Waals surface area contributed by atoms with Gasteiger partial charge in [-0.25, -0.2) is 4.98 Å². The molecule has 1 aromatic carbocycles. The van der Waals surface area contributed by atoms with E-state index >= 15 is 0 Å². The summed E-state index contributed by atoms with van der Waals surface area (Å²) in [6, 6.07) is 17.6. The van der Waals surface area contributed by atoms with Gasteiger partial charge >= 0.3 is 0 Å². The molecule has 1 N–H and O–H groups in total. The number of aryl methyl sites for hydroxylation is 1. The average molecular weight is 444 g/mol. The van der Waals surface area contributed by atoms with Crippen molar-refractivity contribution in [3.05, 3.63) is 114 Å². The third-order valence-corrected chi connectivity index (χ3v) is 5.56. The minimum absolute atomic E-state index is 0.624. The zero-order chi connectivity index (χ0) is 23.9. The lowest BCUT2D eigenvalue weighted by Crippen LogP contribution is -2.05. The summed E-state index contributed by atoms with van der Waals surface area (Å²) in [4.78, 5) is 13.4. The predicted octanol–water partition coefficient (Wildman–Crippen LogP) is 6.50. The van der Waals surface area contributed by atoms with Gasteiger partial charge in [0.05, 0.1) is 17.3 Å². The van der Waals surface area contributed by atoms with E-state index in [0.717, 1.165) is 50.3 Å². The van der Waals surface area contributed by atoms with Gasteiger partial charge in [0, 0.05) is 41.8 Å². The van der Waals surface area contributed by atoms with Crippen molar-refractivity contribution in [1.29, 1.82) is 5.26 Å². The smallest absolute Gasteiger partial charge is 0.135 e. The topological polar surface area (TPSA) is 74.5 Å². The largest absolute Gasteiger partial charge is 0.365 e. The Hall–Kier alpha value is -4.56. The summed E-state index contributed by atoms with van der Waals surface area (Å²) in [6.07, 6.45) is 11.6. The lowest BCUT2D eigenvalue weighted by Gasteiger charge is -2.10. The van der Waals surface area contributed by atoms with Gasteiger partial charge in [0.25, 0.3) is 0 Å². The van der Waals surface area contributed by atoms with Crippen LogP contribution in [0.2, 0.25) is 0 Å². The fraction of sp³-hybridized carbons (Fsp3) is 0.103. The fourth-order valence-electron chi connectivity index (χ4n) is 3.57. The molecule has 0 saturated carbocycles. The molecule has 4 aromatic rings. The number of pyridine rings is 3. The summed E-state index contributed by atoms with van der Waals surface area (Å²) in [5.41, 5.74) is 6.55. The summed E-state index contributed by atoms with van der Waals surface area (Å²) >= 11 is 0. The van der Waals surface area contributed by atoms with Gasteiger partial charge in [-0.2, -0.15) is 5.26 Å². The molecule has 5 heteroatoms. The van der Waals surface area contributed by atoms with Gasteiger partial charge in [0.1, 0.15) is 5.82 Å². The van der Waals surface area contributed by atoms with E-state index in [1.54, 1.807) is 24.5 Å². The zero-order valence-electron chi connectivity index (χ0n) is 19.3. The van der Waals surface area contributed by atoms with Crippen molar-refractivity contribution in [2.45, 2.75) is 13.8 Å². The zero-order valence-corrected chi connectivity index (χ0v) is 19.3. The summed E-state index contributed by atoms with van der Waals surface area (Å²) in [5, 5.41) is 14.4. The number of hydrogen-bond donors (Lipinski definition) is 1. The molecule has 5 nitrogen and oxygen atoms in total. The van der Waals surface area contributed by atoms with Crippen molar-refractivity contribution in [2.24, 2.45) is 0 Å². The third-order valence-electron chi connectivity index (χ3n) is 5.56. The van der Waals surface area contributed by atoms with Crippen LogP contribution in [0.15, 0.2) is 97.5 Å². The van der Waals surface area contributed by atoms with E-state index in [-0.39, 0.29) is 0 Å². The van der Waals surface area contributed by atoms with Gasteiger partial charge in [-0.05, 0) is 72.3 Å². The van der Waals surface area contributed by atoms with E-state index in [0.29, 0.717) is 12.1 Å². The van der Waals surface area contributed by atoms with Gasteiger partial charge in [-0.1, -0.05) is 36.9 Å². The highest BCUT2D eigenvalue weighted by atomic mass is 15.0. The van der Waals surface area contributed by atoms with Gasteiger partial charge in [-0.3, -0.25) is 9.97 Å². The molecular formula is C29H25N5. The maximum Gasteiger partial charge on any atom is 0.135 e. The molecule has 0 saturated heterocycles. The number of nitrogens with zero attached hydrogens (tertiary/aromatic N) is 4. The molecule has 0 unspecified atom stereocenters. The summed E-state index contributed by atoms with van der Waals surface area (Å²) in [5.74, 6) is 0.785. The van der Waals surface area contributed by atoms with Crippen molar-refractivity contribution in [1.82, 2.24) is 15.0 Å². The Kier molecular flexibility index (Phi) is 6.90. The summed E-state index contributed by atoms with van der Waals surface area (Å²) in [6.45, 7) is 8.79. The average Bonchev–Trinajstić information content (AvgIpc) is 2.88. The summed E-state index contributed by atoms with van der Waals surface area (Å²) < 4.78 is 0. The van der Waals surface area contributed by atoms with Crippen LogP contribution in [-0.4, -0.2) is 21.5 Å². The third kappa shape index (κ3) is 5.25. The lowest BCUT2D eigenvalue weighted by atomic mass is 10.1. The number of anilines is 1. The standard InChI is InChI=1S/C29H25N5/c1-4-22(6-5-20(2)25-11-13-31-21(3)15-25)18-34-29-27-19-33-28(16-26(27)12-14-32-29)24-9-7-23(17-30)8-10-24/h4-16,19H,2,18H2,1,3H3,(H,32,34)/b6-5-,22-4+.